The van der Waals surface area contributed by atoms with Crippen LogP contribution in [-0.2, 0) is 0 Å². The van der Waals surface area contributed by atoms with Gasteiger partial charge in [0.2, 0.25) is 0 Å². The molecule has 4 aromatic carbocycles. The molecule has 0 aliphatic carbocycles. The van der Waals surface area contributed by atoms with Crippen molar-refractivity contribution in [2.75, 3.05) is 36.0 Å². The van der Waals surface area contributed by atoms with Crippen LogP contribution in [0.3, 0.4) is 0 Å². The van der Waals surface area contributed by atoms with Crippen LogP contribution >= 0.6 is 0 Å². The van der Waals surface area contributed by atoms with Crippen LogP contribution in [0.25, 0.3) is 11.1 Å². The molecule has 0 spiro atoms. The highest BCUT2D eigenvalue weighted by molar-refractivity contribution is 5.86. The Bertz CT molecular complexity index is 1200. The molecular formula is C36H40N2. The molecule has 0 aliphatic rings. The molecule has 194 valence electrons. The first-order chi connectivity index (χ1) is 18.7. The smallest absolute Gasteiger partial charge is 0.0366 e. The van der Waals surface area contributed by atoms with Gasteiger partial charge in [-0.2, -0.15) is 0 Å². The maximum Gasteiger partial charge on any atom is 0.0366 e. The molecule has 0 radical (unpaired) electrons. The van der Waals surface area contributed by atoms with Crippen LogP contribution in [0.1, 0.15) is 49.9 Å². The quantitative estimate of drug-likeness (QED) is 0.190. The van der Waals surface area contributed by atoms with Gasteiger partial charge in [0.1, 0.15) is 0 Å². The molecular weight excluding hydrogens is 460 g/mol. The van der Waals surface area contributed by atoms with Gasteiger partial charge in [0.05, 0.1) is 0 Å². The Morgan fingerprint density at radius 3 is 1.00 bits per heavy atom. The number of rotatable bonds is 11. The van der Waals surface area contributed by atoms with Crippen molar-refractivity contribution in [3.8, 4) is 0 Å². The Morgan fingerprint density at radius 2 is 0.711 bits per heavy atom. The average molecular weight is 501 g/mol. The Morgan fingerprint density at radius 1 is 0.421 bits per heavy atom. The van der Waals surface area contributed by atoms with Gasteiger partial charge in [-0.25, -0.2) is 0 Å². The van der Waals surface area contributed by atoms with Gasteiger partial charge in [-0.3, -0.25) is 0 Å². The second-order valence-electron chi connectivity index (χ2n) is 9.33. The molecule has 4 aromatic rings. The zero-order chi connectivity index (χ0) is 26.7. The number of nitrogens with zero attached hydrogens (tertiary/aromatic N) is 2. The van der Waals surface area contributed by atoms with E-state index in [4.69, 9.17) is 0 Å². The van der Waals surface area contributed by atoms with Crippen molar-refractivity contribution in [2.45, 2.75) is 27.7 Å². The first-order valence-electron chi connectivity index (χ1n) is 13.9. The fourth-order valence-corrected chi connectivity index (χ4v) is 5.00. The number of benzene rings is 4. The van der Waals surface area contributed by atoms with E-state index < -0.39 is 0 Å². The number of hydrogen-bond acceptors (Lipinski definition) is 2. The molecule has 0 saturated heterocycles. The average Bonchev–Trinajstić information content (AvgIpc) is 2.99. The standard InChI is InChI=1S/C36H40N2/c1-5-37(6-2)33-23-19-31(20-24-33)35(29-15-11-9-12-16-29)27-28-36(30-17-13-10-14-18-30)32-21-25-34(26-22-32)38(7-3)8-4/h9-28H,5-8H2,1-4H3/b35-27+,36-28+. The third-order valence-corrected chi connectivity index (χ3v) is 7.20. The summed E-state index contributed by atoms with van der Waals surface area (Å²) in [5.74, 6) is 0. The van der Waals surface area contributed by atoms with E-state index >= 15 is 0 Å². The molecule has 0 bridgehead atoms. The zero-order valence-corrected chi connectivity index (χ0v) is 23.3. The predicted molar refractivity (Wildman–Crippen MR) is 167 cm³/mol. The minimum atomic E-state index is 1.01. The summed E-state index contributed by atoms with van der Waals surface area (Å²) in [5, 5.41) is 0. The highest BCUT2D eigenvalue weighted by Gasteiger charge is 2.10. The third kappa shape index (κ3) is 6.44. The normalized spacial score (nSPS) is 11.9. The van der Waals surface area contributed by atoms with Crippen LogP contribution in [0.4, 0.5) is 11.4 Å². The number of hydrogen-bond donors (Lipinski definition) is 0. The van der Waals surface area contributed by atoms with E-state index in [1.54, 1.807) is 0 Å². The van der Waals surface area contributed by atoms with Gasteiger partial charge >= 0.3 is 0 Å². The van der Waals surface area contributed by atoms with E-state index in [1.165, 1.54) is 44.8 Å². The summed E-state index contributed by atoms with van der Waals surface area (Å²) >= 11 is 0. The SMILES string of the molecule is CCN(CC)c1ccc(/C(=C/C=C(\c2ccccc2)c2ccc(N(CC)CC)cc2)c2ccccc2)cc1. The van der Waals surface area contributed by atoms with Crippen molar-refractivity contribution in [2.24, 2.45) is 0 Å². The lowest BCUT2D eigenvalue weighted by molar-refractivity contribution is 0.866. The molecule has 0 atom stereocenters. The Hall–Kier alpha value is -4.04. The Labute approximate surface area is 229 Å². The third-order valence-electron chi connectivity index (χ3n) is 7.20. The van der Waals surface area contributed by atoms with Gasteiger partial charge in [-0.05, 0) is 85.4 Å². The van der Waals surface area contributed by atoms with Gasteiger partial charge in [0, 0.05) is 37.6 Å². The van der Waals surface area contributed by atoms with Gasteiger partial charge < -0.3 is 9.80 Å². The first-order valence-corrected chi connectivity index (χ1v) is 13.9. The van der Waals surface area contributed by atoms with Crippen molar-refractivity contribution in [1.82, 2.24) is 0 Å². The lowest BCUT2D eigenvalue weighted by Gasteiger charge is -2.21. The lowest BCUT2D eigenvalue weighted by atomic mass is 9.93. The highest BCUT2D eigenvalue weighted by atomic mass is 15.1. The van der Waals surface area contributed by atoms with Crippen LogP contribution in [0.15, 0.2) is 121 Å². The molecule has 0 heterocycles. The monoisotopic (exact) mass is 500 g/mol. The summed E-state index contributed by atoms with van der Waals surface area (Å²) < 4.78 is 0. The zero-order valence-electron chi connectivity index (χ0n) is 23.3. The molecule has 0 unspecified atom stereocenters. The van der Waals surface area contributed by atoms with E-state index in [2.05, 4.69) is 159 Å². The minimum Gasteiger partial charge on any atom is -0.372 e. The maximum atomic E-state index is 2.38. The topological polar surface area (TPSA) is 6.48 Å². The fraction of sp³-hybridized carbons (Fsp3) is 0.222. The van der Waals surface area contributed by atoms with E-state index in [0.29, 0.717) is 0 Å². The van der Waals surface area contributed by atoms with E-state index in [9.17, 15) is 0 Å². The van der Waals surface area contributed by atoms with Crippen molar-refractivity contribution in [1.29, 1.82) is 0 Å². The van der Waals surface area contributed by atoms with Crippen molar-refractivity contribution in [3.05, 3.63) is 144 Å². The largest absolute Gasteiger partial charge is 0.372 e. The molecule has 0 aromatic heterocycles. The molecule has 38 heavy (non-hydrogen) atoms. The second kappa shape index (κ2) is 13.5. The van der Waals surface area contributed by atoms with Crippen molar-refractivity contribution >= 4 is 22.5 Å². The molecule has 2 heteroatoms. The van der Waals surface area contributed by atoms with E-state index in [-0.39, 0.29) is 0 Å². The second-order valence-corrected chi connectivity index (χ2v) is 9.33. The van der Waals surface area contributed by atoms with Crippen LogP contribution in [0.5, 0.6) is 0 Å². The van der Waals surface area contributed by atoms with Gasteiger partial charge in [0.15, 0.2) is 0 Å². The van der Waals surface area contributed by atoms with Crippen LogP contribution in [-0.4, -0.2) is 26.2 Å². The molecule has 2 nitrogen and oxygen atoms in total. The fourth-order valence-electron chi connectivity index (χ4n) is 5.00. The lowest BCUT2D eigenvalue weighted by Crippen LogP contribution is -2.21. The molecule has 0 amide bonds. The maximum absolute atomic E-state index is 2.38. The molecule has 0 aliphatic heterocycles. The highest BCUT2D eigenvalue weighted by Crippen LogP contribution is 2.30. The Balaban J connectivity index is 1.80. The summed E-state index contributed by atoms with van der Waals surface area (Å²) in [4.78, 5) is 4.76. The van der Waals surface area contributed by atoms with Gasteiger partial charge in [0.25, 0.3) is 0 Å². The molecule has 4 rings (SSSR count). The van der Waals surface area contributed by atoms with Crippen molar-refractivity contribution < 1.29 is 0 Å². The summed E-state index contributed by atoms with van der Waals surface area (Å²) in [6, 6.07) is 39.4. The summed E-state index contributed by atoms with van der Waals surface area (Å²) in [6.45, 7) is 12.9. The van der Waals surface area contributed by atoms with Crippen molar-refractivity contribution in [3.63, 3.8) is 0 Å². The van der Waals surface area contributed by atoms with Crippen LogP contribution < -0.4 is 9.80 Å². The Kier molecular flexibility index (Phi) is 9.59. The van der Waals surface area contributed by atoms with E-state index in [0.717, 1.165) is 26.2 Å². The van der Waals surface area contributed by atoms with Crippen LogP contribution in [0, 0.1) is 0 Å². The number of anilines is 2. The summed E-state index contributed by atoms with van der Waals surface area (Å²) in [5.41, 5.74) is 9.81. The number of allylic oxidation sites excluding steroid dienone is 2. The molecule has 0 N–H and O–H groups in total. The summed E-state index contributed by atoms with van der Waals surface area (Å²) in [6.07, 6.45) is 4.56. The van der Waals surface area contributed by atoms with Gasteiger partial charge in [-0.15, -0.1) is 0 Å². The minimum absolute atomic E-state index is 1.01. The van der Waals surface area contributed by atoms with E-state index in [1.807, 2.05) is 0 Å². The predicted octanol–water partition coefficient (Wildman–Crippen LogP) is 8.94. The van der Waals surface area contributed by atoms with Gasteiger partial charge in [-0.1, -0.05) is 97.1 Å². The van der Waals surface area contributed by atoms with Crippen LogP contribution in [0.2, 0.25) is 0 Å². The molecule has 0 fully saturated rings. The summed E-state index contributed by atoms with van der Waals surface area (Å²) in [7, 11) is 0. The molecule has 0 saturated carbocycles. The first kappa shape index (κ1) is 27.0.